The van der Waals surface area contributed by atoms with E-state index in [1.54, 1.807) is 6.08 Å². The van der Waals surface area contributed by atoms with E-state index in [0.717, 1.165) is 5.56 Å². The van der Waals surface area contributed by atoms with E-state index in [1.807, 2.05) is 30.3 Å². The van der Waals surface area contributed by atoms with Crippen molar-refractivity contribution in [1.82, 2.24) is 0 Å². The van der Waals surface area contributed by atoms with Gasteiger partial charge in [0.2, 0.25) is 0 Å². The SMILES string of the molecule is COc1ccc(C(=O)C=Cc2ccccc2)cc1[N+](=O)[O-]. The summed E-state index contributed by atoms with van der Waals surface area (Å²) in [4.78, 5) is 22.4. The van der Waals surface area contributed by atoms with E-state index in [1.165, 1.54) is 31.4 Å². The molecule has 5 heteroatoms. The molecule has 0 N–H and O–H groups in total. The predicted molar refractivity (Wildman–Crippen MR) is 79.5 cm³/mol. The Kier molecular flexibility index (Phi) is 4.46. The van der Waals surface area contributed by atoms with Crippen LogP contribution < -0.4 is 4.74 Å². The van der Waals surface area contributed by atoms with Gasteiger partial charge in [0, 0.05) is 11.6 Å². The molecule has 0 bridgehead atoms. The Labute approximate surface area is 121 Å². The molecule has 2 rings (SSSR count). The van der Waals surface area contributed by atoms with E-state index in [0.29, 0.717) is 0 Å². The second kappa shape index (κ2) is 6.47. The Balaban J connectivity index is 2.26. The maximum absolute atomic E-state index is 12.0. The van der Waals surface area contributed by atoms with Crippen LogP contribution >= 0.6 is 0 Å². The zero-order chi connectivity index (χ0) is 15.2. The summed E-state index contributed by atoms with van der Waals surface area (Å²) in [6, 6.07) is 13.5. The lowest BCUT2D eigenvalue weighted by Crippen LogP contribution is -1.99. The zero-order valence-electron chi connectivity index (χ0n) is 11.4. The van der Waals surface area contributed by atoms with Crippen molar-refractivity contribution in [2.75, 3.05) is 7.11 Å². The average molecular weight is 283 g/mol. The van der Waals surface area contributed by atoms with Crippen LogP contribution in [-0.4, -0.2) is 17.8 Å². The van der Waals surface area contributed by atoms with E-state index < -0.39 is 4.92 Å². The quantitative estimate of drug-likeness (QED) is 0.364. The van der Waals surface area contributed by atoms with Gasteiger partial charge in [-0.15, -0.1) is 0 Å². The number of allylic oxidation sites excluding steroid dienone is 1. The van der Waals surface area contributed by atoms with Crippen LogP contribution in [0.3, 0.4) is 0 Å². The molecule has 2 aromatic carbocycles. The number of benzene rings is 2. The third-order valence-corrected chi connectivity index (χ3v) is 2.89. The van der Waals surface area contributed by atoms with Crippen molar-refractivity contribution in [1.29, 1.82) is 0 Å². The third kappa shape index (κ3) is 3.54. The van der Waals surface area contributed by atoms with Crippen LogP contribution in [0, 0.1) is 10.1 Å². The topological polar surface area (TPSA) is 69.4 Å². The number of carbonyl (C=O) groups excluding carboxylic acids is 1. The first-order valence-corrected chi connectivity index (χ1v) is 6.21. The molecule has 0 aliphatic rings. The van der Waals surface area contributed by atoms with Gasteiger partial charge < -0.3 is 4.74 Å². The highest BCUT2D eigenvalue weighted by Gasteiger charge is 2.17. The van der Waals surface area contributed by atoms with Crippen LogP contribution in [-0.2, 0) is 0 Å². The van der Waals surface area contributed by atoms with Crippen molar-refractivity contribution in [3.05, 3.63) is 75.8 Å². The molecule has 0 saturated heterocycles. The number of hydrogen-bond acceptors (Lipinski definition) is 4. The van der Waals surface area contributed by atoms with Gasteiger partial charge in [0.15, 0.2) is 11.5 Å². The normalized spacial score (nSPS) is 10.5. The predicted octanol–water partition coefficient (Wildman–Crippen LogP) is 3.50. The summed E-state index contributed by atoms with van der Waals surface area (Å²) in [5.41, 5.74) is 0.903. The molecule has 21 heavy (non-hydrogen) atoms. The molecule has 0 radical (unpaired) electrons. The van der Waals surface area contributed by atoms with E-state index in [-0.39, 0.29) is 22.8 Å². The molecular weight excluding hydrogens is 270 g/mol. The van der Waals surface area contributed by atoms with Crippen molar-refractivity contribution >= 4 is 17.5 Å². The number of carbonyl (C=O) groups is 1. The minimum absolute atomic E-state index is 0.128. The lowest BCUT2D eigenvalue weighted by molar-refractivity contribution is -0.385. The zero-order valence-corrected chi connectivity index (χ0v) is 11.4. The number of nitro benzene ring substituents is 1. The molecule has 106 valence electrons. The Morgan fingerprint density at radius 3 is 2.52 bits per heavy atom. The van der Waals surface area contributed by atoms with Gasteiger partial charge in [-0.3, -0.25) is 14.9 Å². The van der Waals surface area contributed by atoms with Crippen molar-refractivity contribution in [2.45, 2.75) is 0 Å². The molecule has 0 amide bonds. The van der Waals surface area contributed by atoms with Gasteiger partial charge in [-0.25, -0.2) is 0 Å². The molecule has 0 saturated carbocycles. The minimum Gasteiger partial charge on any atom is -0.490 e. The number of ether oxygens (including phenoxy) is 1. The van der Waals surface area contributed by atoms with Crippen LogP contribution in [0.4, 0.5) is 5.69 Å². The van der Waals surface area contributed by atoms with Crippen molar-refractivity contribution < 1.29 is 14.5 Å². The molecule has 0 atom stereocenters. The summed E-state index contributed by atoms with van der Waals surface area (Å²) >= 11 is 0. The largest absolute Gasteiger partial charge is 0.490 e. The monoisotopic (exact) mass is 283 g/mol. The van der Waals surface area contributed by atoms with Crippen molar-refractivity contribution in [3.63, 3.8) is 0 Å². The minimum atomic E-state index is -0.573. The van der Waals surface area contributed by atoms with Gasteiger partial charge in [0.1, 0.15) is 0 Å². The molecule has 0 spiro atoms. The molecule has 0 aromatic heterocycles. The first-order valence-electron chi connectivity index (χ1n) is 6.21. The smallest absolute Gasteiger partial charge is 0.311 e. The standard InChI is InChI=1S/C16H13NO4/c1-21-16-10-8-13(11-14(16)17(19)20)15(18)9-7-12-5-3-2-4-6-12/h2-11H,1H3. The maximum Gasteiger partial charge on any atom is 0.311 e. The van der Waals surface area contributed by atoms with Crippen LogP contribution in [0.5, 0.6) is 5.75 Å². The van der Waals surface area contributed by atoms with E-state index in [9.17, 15) is 14.9 Å². The molecular formula is C16H13NO4. The van der Waals surface area contributed by atoms with Gasteiger partial charge in [0.25, 0.3) is 0 Å². The Morgan fingerprint density at radius 2 is 1.90 bits per heavy atom. The number of nitro groups is 1. The van der Waals surface area contributed by atoms with Crippen LogP contribution in [0.1, 0.15) is 15.9 Å². The van der Waals surface area contributed by atoms with Crippen LogP contribution in [0.2, 0.25) is 0 Å². The fourth-order valence-electron chi connectivity index (χ4n) is 1.82. The summed E-state index contributed by atoms with van der Waals surface area (Å²) < 4.78 is 4.90. The van der Waals surface area contributed by atoms with E-state index in [4.69, 9.17) is 4.74 Å². The van der Waals surface area contributed by atoms with Gasteiger partial charge >= 0.3 is 5.69 Å². The molecule has 0 aliphatic heterocycles. The van der Waals surface area contributed by atoms with Crippen LogP contribution in [0.25, 0.3) is 6.08 Å². The summed E-state index contributed by atoms with van der Waals surface area (Å²) in [5, 5.41) is 10.9. The highest BCUT2D eigenvalue weighted by Crippen LogP contribution is 2.27. The van der Waals surface area contributed by atoms with E-state index in [2.05, 4.69) is 0 Å². The second-order valence-corrected chi connectivity index (χ2v) is 4.25. The number of methoxy groups -OCH3 is 1. The molecule has 0 heterocycles. The fraction of sp³-hybridized carbons (Fsp3) is 0.0625. The first kappa shape index (κ1) is 14.5. The van der Waals surface area contributed by atoms with Crippen LogP contribution in [0.15, 0.2) is 54.6 Å². The number of ketones is 1. The Bertz CT molecular complexity index is 693. The Hall–Kier alpha value is -2.95. The molecule has 5 nitrogen and oxygen atoms in total. The molecule has 0 fully saturated rings. The van der Waals surface area contributed by atoms with Crippen molar-refractivity contribution in [2.24, 2.45) is 0 Å². The first-order chi connectivity index (χ1) is 10.1. The summed E-state index contributed by atoms with van der Waals surface area (Å²) in [6.45, 7) is 0. The maximum atomic E-state index is 12.0. The van der Waals surface area contributed by atoms with Crippen molar-refractivity contribution in [3.8, 4) is 5.75 Å². The second-order valence-electron chi connectivity index (χ2n) is 4.25. The molecule has 0 aliphatic carbocycles. The number of nitrogens with zero attached hydrogens (tertiary/aromatic N) is 1. The molecule has 0 unspecified atom stereocenters. The lowest BCUT2D eigenvalue weighted by Gasteiger charge is -2.02. The highest BCUT2D eigenvalue weighted by atomic mass is 16.6. The lowest BCUT2D eigenvalue weighted by atomic mass is 10.1. The average Bonchev–Trinajstić information content (AvgIpc) is 2.52. The van der Waals surface area contributed by atoms with Gasteiger partial charge in [-0.2, -0.15) is 0 Å². The Morgan fingerprint density at radius 1 is 1.19 bits per heavy atom. The highest BCUT2D eigenvalue weighted by molar-refractivity contribution is 6.07. The van der Waals surface area contributed by atoms with Gasteiger partial charge in [0.05, 0.1) is 12.0 Å². The molecule has 2 aromatic rings. The fourth-order valence-corrected chi connectivity index (χ4v) is 1.82. The summed E-state index contributed by atoms with van der Waals surface area (Å²) in [7, 11) is 1.35. The number of hydrogen-bond donors (Lipinski definition) is 0. The number of rotatable bonds is 5. The van der Waals surface area contributed by atoms with Gasteiger partial charge in [-0.05, 0) is 23.8 Å². The van der Waals surface area contributed by atoms with E-state index >= 15 is 0 Å². The summed E-state index contributed by atoms with van der Waals surface area (Å²) in [6.07, 6.45) is 3.05. The third-order valence-electron chi connectivity index (χ3n) is 2.89. The van der Waals surface area contributed by atoms with Gasteiger partial charge in [-0.1, -0.05) is 36.4 Å². The summed E-state index contributed by atoms with van der Waals surface area (Å²) in [5.74, 6) is -0.173.